The fourth-order valence-corrected chi connectivity index (χ4v) is 2.91. The van der Waals surface area contributed by atoms with E-state index in [4.69, 9.17) is 0 Å². The van der Waals surface area contributed by atoms with Crippen LogP contribution in [-0.2, 0) is 0 Å². The molecule has 2 aliphatic heterocycles. The van der Waals surface area contributed by atoms with Crippen LogP contribution in [0.4, 0.5) is 0 Å². The van der Waals surface area contributed by atoms with E-state index >= 15 is 0 Å². The molecule has 3 aromatic rings. The van der Waals surface area contributed by atoms with Crippen molar-refractivity contribution in [3.63, 3.8) is 0 Å². The number of nitrogens with one attached hydrogen (secondary N) is 2. The van der Waals surface area contributed by atoms with Gasteiger partial charge in [-0.2, -0.15) is 0 Å². The lowest BCUT2D eigenvalue weighted by Gasteiger charge is -1.87. The van der Waals surface area contributed by atoms with E-state index in [-0.39, 0.29) is 0 Å². The van der Waals surface area contributed by atoms with E-state index in [2.05, 4.69) is 44.2 Å². The number of H-pyrrole nitrogens is 2. The Hall–Kier alpha value is -3.40. The minimum atomic E-state index is 0.899. The minimum Gasteiger partial charge on any atom is -0.354 e. The molecule has 0 atom stereocenters. The van der Waals surface area contributed by atoms with Crippen LogP contribution in [0, 0.1) is 0 Å². The highest BCUT2D eigenvalue weighted by Crippen LogP contribution is 2.19. The topological polar surface area (TPSA) is 57.4 Å². The third-order valence-corrected chi connectivity index (χ3v) is 4.16. The molecule has 0 radical (unpaired) electrons. The molecule has 0 amide bonds. The molecule has 2 N–H and O–H groups in total. The van der Waals surface area contributed by atoms with Gasteiger partial charge in [0, 0.05) is 11.0 Å². The lowest BCUT2D eigenvalue weighted by atomic mass is 10.3. The normalized spacial score (nSPS) is 12.7. The van der Waals surface area contributed by atoms with Crippen LogP contribution in [0.25, 0.3) is 46.4 Å². The van der Waals surface area contributed by atoms with Crippen LogP contribution in [0.2, 0.25) is 0 Å². The molecule has 0 fully saturated rings. The van der Waals surface area contributed by atoms with E-state index in [1.165, 1.54) is 0 Å². The Bertz CT molecular complexity index is 1070. The number of aromatic amines is 2. The van der Waals surface area contributed by atoms with Crippen molar-refractivity contribution in [1.82, 2.24) is 19.9 Å². The summed E-state index contributed by atoms with van der Waals surface area (Å²) in [5.41, 5.74) is 7.86. The largest absolute Gasteiger partial charge is 0.354 e. The summed E-state index contributed by atoms with van der Waals surface area (Å²) in [5, 5.41) is 0. The maximum atomic E-state index is 4.63. The van der Waals surface area contributed by atoms with Gasteiger partial charge in [0.05, 0.1) is 33.8 Å². The number of hydrogen-bond donors (Lipinski definition) is 2. The van der Waals surface area contributed by atoms with Gasteiger partial charge >= 0.3 is 0 Å². The maximum absolute atomic E-state index is 4.63. The van der Waals surface area contributed by atoms with E-state index in [1.54, 1.807) is 0 Å². The van der Waals surface area contributed by atoms with Crippen LogP contribution < -0.4 is 0 Å². The maximum Gasteiger partial charge on any atom is 0.0894 e. The second-order valence-electron chi connectivity index (χ2n) is 5.83. The highest BCUT2D eigenvalue weighted by molar-refractivity contribution is 5.82. The molecule has 0 aliphatic carbocycles. The third-order valence-electron chi connectivity index (χ3n) is 4.16. The molecule has 8 bridgehead atoms. The number of nitrogens with zero attached hydrogens (tertiary/aromatic N) is 2. The molecular formula is C20H14N4. The summed E-state index contributed by atoms with van der Waals surface area (Å²) in [6.07, 6.45) is 8.03. The van der Waals surface area contributed by atoms with Crippen molar-refractivity contribution < 1.29 is 0 Å². The predicted molar refractivity (Wildman–Crippen MR) is 98.9 cm³/mol. The molecule has 24 heavy (non-hydrogen) atoms. The van der Waals surface area contributed by atoms with Crippen molar-refractivity contribution in [1.29, 1.82) is 0 Å². The van der Waals surface area contributed by atoms with Crippen molar-refractivity contribution in [2.45, 2.75) is 0 Å². The SMILES string of the molecule is C1=Cc2nc1ccc1ccc([nH]1)c1ccc(ccc3nc2C=C3)[nH]1. The first-order chi connectivity index (χ1) is 11.8. The Kier molecular flexibility index (Phi) is 2.76. The standard InChI is InChI=1S/C20H14N4/c1-2-14-6-10-19(22-14)20-12-8-16(24-20)4-3-15-7-11-18(23-15)17-9-5-13(1)21-17/h1-12,21,23H. The van der Waals surface area contributed by atoms with Crippen LogP contribution in [0.15, 0.2) is 48.5 Å². The van der Waals surface area contributed by atoms with Crippen molar-refractivity contribution >= 4 is 46.4 Å². The molecule has 114 valence electrons. The lowest BCUT2D eigenvalue weighted by molar-refractivity contribution is 1.23. The van der Waals surface area contributed by atoms with E-state index in [0.717, 1.165) is 44.8 Å². The monoisotopic (exact) mass is 310 g/mol. The molecule has 0 spiro atoms. The van der Waals surface area contributed by atoms with Gasteiger partial charge in [0.25, 0.3) is 0 Å². The smallest absolute Gasteiger partial charge is 0.0894 e. The van der Waals surface area contributed by atoms with Crippen LogP contribution in [0.5, 0.6) is 0 Å². The first-order valence-corrected chi connectivity index (χ1v) is 7.86. The first-order valence-electron chi connectivity index (χ1n) is 7.86. The highest BCUT2D eigenvalue weighted by Gasteiger charge is 2.06. The summed E-state index contributed by atoms with van der Waals surface area (Å²) in [6, 6.07) is 16.4. The molecule has 0 saturated heterocycles. The van der Waals surface area contributed by atoms with Crippen LogP contribution in [-0.4, -0.2) is 19.9 Å². The van der Waals surface area contributed by atoms with Gasteiger partial charge in [-0.05, 0) is 72.8 Å². The van der Waals surface area contributed by atoms with Crippen molar-refractivity contribution in [2.75, 3.05) is 0 Å². The van der Waals surface area contributed by atoms with Gasteiger partial charge in [-0.25, -0.2) is 9.97 Å². The van der Waals surface area contributed by atoms with E-state index in [9.17, 15) is 0 Å². The zero-order valence-corrected chi connectivity index (χ0v) is 12.8. The highest BCUT2D eigenvalue weighted by atomic mass is 14.8. The zero-order chi connectivity index (χ0) is 15.9. The van der Waals surface area contributed by atoms with Gasteiger partial charge in [-0.15, -0.1) is 0 Å². The minimum absolute atomic E-state index is 0.899. The second kappa shape index (κ2) is 5.06. The van der Waals surface area contributed by atoms with E-state index in [1.807, 2.05) is 48.6 Å². The molecule has 0 aromatic carbocycles. The number of rotatable bonds is 0. The first kappa shape index (κ1) is 13.1. The molecule has 0 unspecified atom stereocenters. The van der Waals surface area contributed by atoms with Crippen molar-refractivity contribution in [2.24, 2.45) is 0 Å². The summed E-state index contributed by atoms with van der Waals surface area (Å²) >= 11 is 0. The quantitative estimate of drug-likeness (QED) is 0.437. The summed E-state index contributed by atoms with van der Waals surface area (Å²) in [4.78, 5) is 16.1. The predicted octanol–water partition coefficient (Wildman–Crippen LogP) is 4.66. The third kappa shape index (κ3) is 2.25. The summed E-state index contributed by atoms with van der Waals surface area (Å²) in [6.45, 7) is 0. The number of aromatic nitrogens is 4. The Morgan fingerprint density at radius 1 is 0.500 bits per heavy atom. The molecule has 5 heterocycles. The number of fused-ring (bicyclic) bond motifs is 10. The molecule has 0 saturated carbocycles. The van der Waals surface area contributed by atoms with Gasteiger partial charge in [0.2, 0.25) is 0 Å². The van der Waals surface area contributed by atoms with Crippen LogP contribution in [0.1, 0.15) is 22.8 Å². The molecule has 2 aliphatic rings. The van der Waals surface area contributed by atoms with Gasteiger partial charge in [0.15, 0.2) is 0 Å². The van der Waals surface area contributed by atoms with E-state index < -0.39 is 0 Å². The molecule has 4 nitrogen and oxygen atoms in total. The van der Waals surface area contributed by atoms with Gasteiger partial charge in [-0.3, -0.25) is 0 Å². The van der Waals surface area contributed by atoms with Crippen molar-refractivity contribution in [3.8, 4) is 0 Å². The summed E-state index contributed by atoms with van der Waals surface area (Å²) < 4.78 is 0. The Labute approximate surface area is 138 Å². The fraction of sp³-hybridized carbons (Fsp3) is 0. The average Bonchev–Trinajstić information content (AvgIpc) is 3.37. The summed E-state index contributed by atoms with van der Waals surface area (Å²) in [7, 11) is 0. The van der Waals surface area contributed by atoms with Gasteiger partial charge in [-0.1, -0.05) is 0 Å². The van der Waals surface area contributed by atoms with Crippen LogP contribution in [0.3, 0.4) is 0 Å². The molecule has 4 heteroatoms. The second-order valence-corrected chi connectivity index (χ2v) is 5.83. The van der Waals surface area contributed by atoms with E-state index in [0.29, 0.717) is 0 Å². The van der Waals surface area contributed by atoms with Crippen LogP contribution >= 0.6 is 0 Å². The molecule has 3 aromatic heterocycles. The number of hydrogen-bond acceptors (Lipinski definition) is 2. The summed E-state index contributed by atoms with van der Waals surface area (Å²) in [5.74, 6) is 0. The molecule has 5 rings (SSSR count). The Morgan fingerprint density at radius 3 is 1.46 bits per heavy atom. The fourth-order valence-electron chi connectivity index (χ4n) is 2.91. The zero-order valence-electron chi connectivity index (χ0n) is 12.8. The average molecular weight is 310 g/mol. The Balaban J connectivity index is 1.85. The Morgan fingerprint density at radius 2 is 0.958 bits per heavy atom. The van der Waals surface area contributed by atoms with Crippen molar-refractivity contribution in [3.05, 3.63) is 71.3 Å². The van der Waals surface area contributed by atoms with Gasteiger partial charge < -0.3 is 9.97 Å². The molecular weight excluding hydrogens is 296 g/mol. The lowest BCUT2D eigenvalue weighted by Crippen LogP contribution is -1.81. The van der Waals surface area contributed by atoms with Gasteiger partial charge in [0.1, 0.15) is 0 Å².